The zero-order valence-corrected chi connectivity index (χ0v) is 15.9. The third kappa shape index (κ3) is 5.03. The predicted octanol–water partition coefficient (Wildman–Crippen LogP) is 4.37. The molecule has 1 saturated heterocycles. The fourth-order valence-electron chi connectivity index (χ4n) is 3.06. The highest BCUT2D eigenvalue weighted by Gasteiger charge is 2.26. The summed E-state index contributed by atoms with van der Waals surface area (Å²) in [7, 11) is 0. The maximum Gasteiger partial charge on any atom is 0.233 e. The van der Waals surface area contributed by atoms with Gasteiger partial charge in [0.2, 0.25) is 5.91 Å². The summed E-state index contributed by atoms with van der Waals surface area (Å²) in [6.07, 6.45) is 4.10. The number of hydrogen-bond donors (Lipinski definition) is 1. The Morgan fingerprint density at radius 2 is 2.00 bits per heavy atom. The smallest absolute Gasteiger partial charge is 0.233 e. The predicted molar refractivity (Wildman–Crippen MR) is 102 cm³/mol. The standard InChI is InChI=1S/C19H23ClN2O2S/c1-14(25-16-8-6-15(20)7-9-16)19(23)21-13-17(18-5-4-12-24-18)22-10-2-3-11-22/h4-9,12,14,17H,2-3,10-11,13H2,1H3,(H,21,23)/t14-,17-/m1/s1. The molecule has 0 bridgehead atoms. The molecule has 0 unspecified atom stereocenters. The molecule has 1 fully saturated rings. The highest BCUT2D eigenvalue weighted by Crippen LogP contribution is 2.27. The third-order valence-corrected chi connectivity index (χ3v) is 5.78. The second-order valence-electron chi connectivity index (χ2n) is 6.23. The summed E-state index contributed by atoms with van der Waals surface area (Å²) in [5.74, 6) is 0.955. The van der Waals surface area contributed by atoms with Crippen LogP contribution in [-0.2, 0) is 4.79 Å². The SMILES string of the molecule is C[C@@H](Sc1ccc(Cl)cc1)C(=O)NC[C@H](c1ccco1)N1CCCC1. The summed E-state index contributed by atoms with van der Waals surface area (Å²) in [4.78, 5) is 15.9. The second-order valence-corrected chi connectivity index (χ2v) is 8.08. The number of halogens is 1. The molecule has 2 atom stereocenters. The van der Waals surface area contributed by atoms with Gasteiger partial charge in [-0.15, -0.1) is 11.8 Å². The quantitative estimate of drug-likeness (QED) is 0.727. The lowest BCUT2D eigenvalue weighted by molar-refractivity contribution is -0.120. The number of hydrogen-bond acceptors (Lipinski definition) is 4. The molecule has 0 aliphatic carbocycles. The molecule has 2 aromatic rings. The highest BCUT2D eigenvalue weighted by atomic mass is 35.5. The summed E-state index contributed by atoms with van der Waals surface area (Å²) in [5, 5.41) is 3.62. The number of carbonyl (C=O) groups is 1. The van der Waals surface area contributed by atoms with Crippen molar-refractivity contribution in [1.82, 2.24) is 10.2 Å². The molecule has 1 aliphatic rings. The van der Waals surface area contributed by atoms with Gasteiger partial charge in [0, 0.05) is 16.5 Å². The molecule has 1 aliphatic heterocycles. The van der Waals surface area contributed by atoms with Crippen LogP contribution in [0.5, 0.6) is 0 Å². The van der Waals surface area contributed by atoms with Crippen LogP contribution >= 0.6 is 23.4 Å². The molecular weight excluding hydrogens is 356 g/mol. The molecule has 134 valence electrons. The molecule has 0 saturated carbocycles. The molecule has 1 aromatic heterocycles. The highest BCUT2D eigenvalue weighted by molar-refractivity contribution is 8.00. The molecule has 3 rings (SSSR count). The number of likely N-dealkylation sites (tertiary alicyclic amines) is 1. The summed E-state index contributed by atoms with van der Waals surface area (Å²) in [6.45, 7) is 4.59. The minimum Gasteiger partial charge on any atom is -0.468 e. The van der Waals surface area contributed by atoms with Gasteiger partial charge in [-0.2, -0.15) is 0 Å². The van der Waals surface area contributed by atoms with Crippen molar-refractivity contribution < 1.29 is 9.21 Å². The van der Waals surface area contributed by atoms with Gasteiger partial charge < -0.3 is 9.73 Å². The van der Waals surface area contributed by atoms with Gasteiger partial charge in [0.1, 0.15) is 5.76 Å². The van der Waals surface area contributed by atoms with Gasteiger partial charge in [-0.3, -0.25) is 9.69 Å². The van der Waals surface area contributed by atoms with Crippen LogP contribution in [0.15, 0.2) is 52.0 Å². The fraction of sp³-hybridized carbons (Fsp3) is 0.421. The van der Waals surface area contributed by atoms with E-state index >= 15 is 0 Å². The van der Waals surface area contributed by atoms with E-state index in [1.165, 1.54) is 24.6 Å². The van der Waals surface area contributed by atoms with Crippen LogP contribution in [0.3, 0.4) is 0 Å². The van der Waals surface area contributed by atoms with E-state index in [4.69, 9.17) is 16.0 Å². The number of amides is 1. The van der Waals surface area contributed by atoms with E-state index in [1.54, 1.807) is 6.26 Å². The van der Waals surface area contributed by atoms with E-state index in [-0.39, 0.29) is 17.2 Å². The first kappa shape index (κ1) is 18.4. The molecule has 2 heterocycles. The number of benzene rings is 1. The van der Waals surface area contributed by atoms with Crippen LogP contribution in [-0.4, -0.2) is 35.7 Å². The average Bonchev–Trinajstić information content (AvgIpc) is 3.31. The topological polar surface area (TPSA) is 45.5 Å². The second kappa shape index (κ2) is 8.79. The first-order valence-electron chi connectivity index (χ1n) is 8.61. The Morgan fingerprint density at radius 3 is 2.64 bits per heavy atom. The van der Waals surface area contributed by atoms with E-state index in [2.05, 4.69) is 10.2 Å². The molecule has 0 radical (unpaired) electrons. The lowest BCUT2D eigenvalue weighted by atomic mass is 10.2. The van der Waals surface area contributed by atoms with Crippen molar-refractivity contribution in [2.75, 3.05) is 19.6 Å². The zero-order valence-electron chi connectivity index (χ0n) is 14.3. The van der Waals surface area contributed by atoms with Crippen LogP contribution in [0.2, 0.25) is 5.02 Å². The molecule has 1 aromatic carbocycles. The van der Waals surface area contributed by atoms with Crippen molar-refractivity contribution in [3.63, 3.8) is 0 Å². The Morgan fingerprint density at radius 1 is 1.28 bits per heavy atom. The number of furan rings is 1. The van der Waals surface area contributed by atoms with Crippen molar-refractivity contribution >= 4 is 29.3 Å². The van der Waals surface area contributed by atoms with Crippen molar-refractivity contribution in [3.05, 3.63) is 53.4 Å². The van der Waals surface area contributed by atoms with Gasteiger partial charge in [-0.1, -0.05) is 11.6 Å². The van der Waals surface area contributed by atoms with Gasteiger partial charge in [-0.25, -0.2) is 0 Å². The normalized spacial score (nSPS) is 17.4. The minimum absolute atomic E-state index is 0.0377. The van der Waals surface area contributed by atoms with Crippen LogP contribution in [0.1, 0.15) is 31.6 Å². The monoisotopic (exact) mass is 378 g/mol. The summed E-state index contributed by atoms with van der Waals surface area (Å²) in [6, 6.07) is 11.6. The lowest BCUT2D eigenvalue weighted by Gasteiger charge is -2.26. The van der Waals surface area contributed by atoms with Gasteiger partial charge >= 0.3 is 0 Å². The maximum absolute atomic E-state index is 12.5. The van der Waals surface area contributed by atoms with Gasteiger partial charge in [0.05, 0.1) is 17.6 Å². The molecule has 25 heavy (non-hydrogen) atoms. The number of nitrogens with zero attached hydrogens (tertiary/aromatic N) is 1. The molecule has 1 amide bonds. The summed E-state index contributed by atoms with van der Waals surface area (Å²) < 4.78 is 5.60. The van der Waals surface area contributed by atoms with Gasteiger partial charge in [-0.05, 0) is 69.3 Å². The van der Waals surface area contributed by atoms with Crippen molar-refractivity contribution in [3.8, 4) is 0 Å². The van der Waals surface area contributed by atoms with E-state index in [0.29, 0.717) is 11.6 Å². The molecule has 4 nitrogen and oxygen atoms in total. The minimum atomic E-state index is -0.169. The largest absolute Gasteiger partial charge is 0.468 e. The Bertz CT molecular complexity index is 669. The van der Waals surface area contributed by atoms with Crippen molar-refractivity contribution in [2.24, 2.45) is 0 Å². The van der Waals surface area contributed by atoms with E-state index in [1.807, 2.05) is 43.3 Å². The van der Waals surface area contributed by atoms with Crippen molar-refractivity contribution in [1.29, 1.82) is 0 Å². The first-order valence-corrected chi connectivity index (χ1v) is 9.86. The van der Waals surface area contributed by atoms with Gasteiger partial charge in [0.15, 0.2) is 0 Å². The molecule has 1 N–H and O–H groups in total. The maximum atomic E-state index is 12.5. The Hall–Kier alpha value is -1.43. The first-order chi connectivity index (χ1) is 12.1. The Balaban J connectivity index is 1.56. The fourth-order valence-corrected chi connectivity index (χ4v) is 4.07. The van der Waals surface area contributed by atoms with E-state index < -0.39 is 0 Å². The van der Waals surface area contributed by atoms with Crippen LogP contribution < -0.4 is 5.32 Å². The van der Waals surface area contributed by atoms with Crippen LogP contribution in [0.25, 0.3) is 0 Å². The molecule has 6 heteroatoms. The molecular formula is C19H23ClN2O2S. The Labute approximate surface area is 157 Å². The Kier molecular flexibility index (Phi) is 6.45. The summed E-state index contributed by atoms with van der Waals surface area (Å²) in [5.41, 5.74) is 0. The van der Waals surface area contributed by atoms with Gasteiger partial charge in [0.25, 0.3) is 0 Å². The number of carbonyl (C=O) groups excluding carboxylic acids is 1. The average molecular weight is 379 g/mol. The number of rotatable bonds is 7. The van der Waals surface area contributed by atoms with E-state index in [0.717, 1.165) is 23.7 Å². The van der Waals surface area contributed by atoms with E-state index in [9.17, 15) is 4.79 Å². The van der Waals surface area contributed by atoms with Crippen molar-refractivity contribution in [2.45, 2.75) is 36.0 Å². The summed E-state index contributed by atoms with van der Waals surface area (Å²) >= 11 is 7.44. The van der Waals surface area contributed by atoms with Crippen LogP contribution in [0.4, 0.5) is 0 Å². The van der Waals surface area contributed by atoms with Crippen LogP contribution in [0, 0.1) is 0 Å². The lowest BCUT2D eigenvalue weighted by Crippen LogP contribution is -2.39. The number of thioether (sulfide) groups is 1. The number of nitrogens with one attached hydrogen (secondary N) is 1. The zero-order chi connectivity index (χ0) is 17.6. The third-order valence-electron chi connectivity index (χ3n) is 4.42. The molecule has 0 spiro atoms.